The third-order valence-corrected chi connectivity index (χ3v) is 2.87. The van der Waals surface area contributed by atoms with Gasteiger partial charge in [0.25, 0.3) is 0 Å². The number of halogens is 1. The summed E-state index contributed by atoms with van der Waals surface area (Å²) in [5, 5.41) is 10.5. The van der Waals surface area contributed by atoms with Crippen LogP contribution >= 0.6 is 11.6 Å². The van der Waals surface area contributed by atoms with E-state index in [-0.39, 0.29) is 11.3 Å². The topological polar surface area (TPSA) is 49.7 Å². The van der Waals surface area contributed by atoms with E-state index in [1.807, 2.05) is 6.92 Å². The monoisotopic (exact) mass is 273 g/mol. The first-order chi connectivity index (χ1) is 9.10. The minimum Gasteiger partial charge on any atom is -0.507 e. The summed E-state index contributed by atoms with van der Waals surface area (Å²) >= 11 is 5.78. The van der Waals surface area contributed by atoms with Crippen LogP contribution in [-0.2, 0) is 0 Å². The molecular formula is C15H12ClNO2. The molecule has 2 aromatic carbocycles. The molecule has 0 bridgehead atoms. The number of rotatable bonds is 3. The van der Waals surface area contributed by atoms with Gasteiger partial charge in [-0.05, 0) is 48.9 Å². The maximum atomic E-state index is 10.8. The Hall–Kier alpha value is -2.13. The Morgan fingerprint density at radius 1 is 1.16 bits per heavy atom. The molecule has 0 fully saturated rings. The molecule has 0 aliphatic rings. The normalized spacial score (nSPS) is 10.8. The van der Waals surface area contributed by atoms with Crippen LogP contribution in [0, 0.1) is 6.92 Å². The smallest absolute Gasteiger partial charge is 0.153 e. The van der Waals surface area contributed by atoms with Gasteiger partial charge in [-0.3, -0.25) is 9.79 Å². The molecule has 1 N–H and O–H groups in total. The van der Waals surface area contributed by atoms with Gasteiger partial charge in [-0.25, -0.2) is 0 Å². The molecule has 4 heteroatoms. The third-order valence-electron chi connectivity index (χ3n) is 2.62. The van der Waals surface area contributed by atoms with Crippen molar-refractivity contribution < 1.29 is 9.90 Å². The van der Waals surface area contributed by atoms with Gasteiger partial charge in [0.2, 0.25) is 0 Å². The number of nitrogens with zero attached hydrogens (tertiary/aromatic N) is 1. The van der Waals surface area contributed by atoms with Crippen molar-refractivity contribution in [3.8, 4) is 5.75 Å². The van der Waals surface area contributed by atoms with Crippen LogP contribution in [0.5, 0.6) is 5.75 Å². The number of phenols is 1. The lowest BCUT2D eigenvalue weighted by molar-refractivity contribution is 0.112. The highest BCUT2D eigenvalue weighted by Gasteiger charge is 2.06. The van der Waals surface area contributed by atoms with Crippen molar-refractivity contribution in [2.75, 3.05) is 0 Å². The lowest BCUT2D eigenvalue weighted by Gasteiger charge is -2.04. The molecule has 0 aliphatic carbocycles. The number of carbonyl (C=O) groups excluding carboxylic acids is 1. The second-order valence-electron chi connectivity index (χ2n) is 4.14. The van der Waals surface area contributed by atoms with Gasteiger partial charge in [-0.1, -0.05) is 11.6 Å². The number of hydrogen-bond donors (Lipinski definition) is 1. The second-order valence-corrected chi connectivity index (χ2v) is 4.58. The second kappa shape index (κ2) is 5.67. The minimum absolute atomic E-state index is 0.0571. The molecule has 0 saturated heterocycles. The number of aldehydes is 1. The van der Waals surface area contributed by atoms with Crippen molar-refractivity contribution >= 4 is 29.8 Å². The molecule has 0 heterocycles. The van der Waals surface area contributed by atoms with E-state index in [4.69, 9.17) is 11.6 Å². The molecule has 0 saturated carbocycles. The van der Waals surface area contributed by atoms with Gasteiger partial charge in [0.15, 0.2) is 6.29 Å². The summed E-state index contributed by atoms with van der Waals surface area (Å²) in [5.41, 5.74) is 2.38. The van der Waals surface area contributed by atoms with Crippen molar-refractivity contribution in [2.24, 2.45) is 4.99 Å². The molecule has 0 aliphatic heterocycles. The molecule has 0 amide bonds. The Morgan fingerprint density at radius 2 is 1.79 bits per heavy atom. The SMILES string of the molecule is Cc1cc(C=O)c(O)c(C=Nc2ccc(Cl)cc2)c1. The van der Waals surface area contributed by atoms with Gasteiger partial charge in [0, 0.05) is 16.8 Å². The van der Waals surface area contributed by atoms with Crippen molar-refractivity contribution in [3.05, 3.63) is 58.1 Å². The molecule has 2 rings (SSSR count). The average molecular weight is 274 g/mol. The largest absolute Gasteiger partial charge is 0.507 e. The van der Waals surface area contributed by atoms with Crippen LogP contribution < -0.4 is 0 Å². The lowest BCUT2D eigenvalue weighted by atomic mass is 10.1. The van der Waals surface area contributed by atoms with E-state index in [9.17, 15) is 9.90 Å². The van der Waals surface area contributed by atoms with Gasteiger partial charge in [-0.2, -0.15) is 0 Å². The molecule has 0 aromatic heterocycles. The zero-order valence-electron chi connectivity index (χ0n) is 10.3. The first-order valence-electron chi connectivity index (χ1n) is 5.68. The number of hydrogen-bond acceptors (Lipinski definition) is 3. The van der Waals surface area contributed by atoms with Gasteiger partial charge < -0.3 is 5.11 Å². The quantitative estimate of drug-likeness (QED) is 0.681. The molecule has 0 radical (unpaired) electrons. The number of benzene rings is 2. The van der Waals surface area contributed by atoms with Crippen LogP contribution in [0.15, 0.2) is 41.4 Å². The fraction of sp³-hybridized carbons (Fsp3) is 0.0667. The zero-order chi connectivity index (χ0) is 13.8. The highest BCUT2D eigenvalue weighted by Crippen LogP contribution is 2.23. The van der Waals surface area contributed by atoms with E-state index in [1.165, 1.54) is 6.21 Å². The fourth-order valence-corrected chi connectivity index (χ4v) is 1.82. The average Bonchev–Trinajstić information content (AvgIpc) is 2.41. The number of aryl methyl sites for hydroxylation is 1. The van der Waals surface area contributed by atoms with Crippen molar-refractivity contribution in [1.82, 2.24) is 0 Å². The third kappa shape index (κ3) is 3.20. The van der Waals surface area contributed by atoms with Crippen molar-refractivity contribution in [1.29, 1.82) is 0 Å². The number of aromatic hydroxyl groups is 1. The highest BCUT2D eigenvalue weighted by atomic mass is 35.5. The summed E-state index contributed by atoms with van der Waals surface area (Å²) in [5.74, 6) is -0.0571. The van der Waals surface area contributed by atoms with E-state index in [2.05, 4.69) is 4.99 Å². The fourth-order valence-electron chi connectivity index (χ4n) is 1.70. The summed E-state index contributed by atoms with van der Waals surface area (Å²) in [4.78, 5) is 15.1. The molecule has 0 spiro atoms. The van der Waals surface area contributed by atoms with Crippen LogP contribution in [0.4, 0.5) is 5.69 Å². The van der Waals surface area contributed by atoms with E-state index in [0.717, 1.165) is 11.3 Å². The van der Waals surface area contributed by atoms with Gasteiger partial charge in [-0.15, -0.1) is 0 Å². The van der Waals surface area contributed by atoms with Gasteiger partial charge >= 0.3 is 0 Å². The summed E-state index contributed by atoms with van der Waals surface area (Å²) in [6, 6.07) is 10.4. The first kappa shape index (κ1) is 13.3. The lowest BCUT2D eigenvalue weighted by Crippen LogP contribution is -1.90. The summed E-state index contributed by atoms with van der Waals surface area (Å²) < 4.78 is 0. The van der Waals surface area contributed by atoms with Crippen LogP contribution in [0.25, 0.3) is 0 Å². The Balaban J connectivity index is 2.35. The maximum Gasteiger partial charge on any atom is 0.153 e. The van der Waals surface area contributed by atoms with Gasteiger partial charge in [0.1, 0.15) is 5.75 Å². The highest BCUT2D eigenvalue weighted by molar-refractivity contribution is 6.30. The maximum absolute atomic E-state index is 10.8. The predicted molar refractivity (Wildman–Crippen MR) is 76.9 cm³/mol. The van der Waals surface area contributed by atoms with Crippen LogP contribution in [0.3, 0.4) is 0 Å². The summed E-state index contributed by atoms with van der Waals surface area (Å²) in [6.45, 7) is 1.85. The van der Waals surface area contributed by atoms with E-state index in [0.29, 0.717) is 16.9 Å². The van der Waals surface area contributed by atoms with Crippen LogP contribution in [0.2, 0.25) is 5.02 Å². The number of carbonyl (C=O) groups is 1. The molecule has 19 heavy (non-hydrogen) atoms. The zero-order valence-corrected chi connectivity index (χ0v) is 11.1. The van der Waals surface area contributed by atoms with Crippen LogP contribution in [0.1, 0.15) is 21.5 Å². The molecular weight excluding hydrogens is 262 g/mol. The van der Waals surface area contributed by atoms with Gasteiger partial charge in [0.05, 0.1) is 11.3 Å². The number of aliphatic imine (C=N–C) groups is 1. The molecule has 0 atom stereocenters. The number of phenolic OH excluding ortho intramolecular Hbond substituents is 1. The minimum atomic E-state index is -0.0571. The summed E-state index contributed by atoms with van der Waals surface area (Å²) in [6.07, 6.45) is 2.15. The molecule has 96 valence electrons. The molecule has 2 aromatic rings. The Morgan fingerprint density at radius 3 is 2.42 bits per heavy atom. The van der Waals surface area contributed by atoms with E-state index >= 15 is 0 Å². The van der Waals surface area contributed by atoms with Crippen molar-refractivity contribution in [3.63, 3.8) is 0 Å². The van der Waals surface area contributed by atoms with Crippen LogP contribution in [-0.4, -0.2) is 17.6 Å². The van der Waals surface area contributed by atoms with Crippen molar-refractivity contribution in [2.45, 2.75) is 6.92 Å². The Kier molecular flexibility index (Phi) is 3.97. The molecule has 0 unspecified atom stereocenters. The molecule has 3 nitrogen and oxygen atoms in total. The summed E-state index contributed by atoms with van der Waals surface area (Å²) in [7, 11) is 0. The van der Waals surface area contributed by atoms with E-state index < -0.39 is 0 Å². The van der Waals surface area contributed by atoms with E-state index in [1.54, 1.807) is 36.4 Å². The Bertz CT molecular complexity index is 633. The standard InChI is InChI=1S/C15H12ClNO2/c1-10-6-11(15(19)12(7-10)9-18)8-17-14-4-2-13(16)3-5-14/h2-9,19H,1H3. The Labute approximate surface area is 116 Å². The predicted octanol–water partition coefficient (Wildman–Crippen LogP) is 3.92. The first-order valence-corrected chi connectivity index (χ1v) is 6.06.